The number of imidazole rings is 1. The van der Waals surface area contributed by atoms with Crippen molar-refractivity contribution < 1.29 is 9.53 Å². The Bertz CT molecular complexity index is 1200. The Hall–Kier alpha value is -3.41. The van der Waals surface area contributed by atoms with Crippen LogP contribution in [0.15, 0.2) is 85.3 Å². The zero-order valence-electron chi connectivity index (χ0n) is 17.0. The van der Waals surface area contributed by atoms with Gasteiger partial charge in [0.25, 0.3) is 0 Å². The normalized spacial score (nSPS) is 11.9. The van der Waals surface area contributed by atoms with Crippen molar-refractivity contribution in [2.24, 2.45) is 12.8 Å². The van der Waals surface area contributed by atoms with E-state index in [2.05, 4.69) is 4.98 Å². The molecule has 0 saturated carbocycles. The molecule has 1 aromatic heterocycles. The number of nitrogens with zero attached hydrogens (tertiary/aromatic N) is 2. The van der Waals surface area contributed by atoms with Crippen molar-refractivity contribution in [2.45, 2.75) is 12.7 Å². The van der Waals surface area contributed by atoms with Crippen LogP contribution in [0.5, 0.6) is 0 Å². The van der Waals surface area contributed by atoms with Crippen LogP contribution in [0.2, 0.25) is 5.02 Å². The van der Waals surface area contributed by atoms with E-state index < -0.39 is 12.0 Å². The van der Waals surface area contributed by atoms with Crippen LogP contribution in [-0.4, -0.2) is 15.5 Å². The van der Waals surface area contributed by atoms with E-state index in [1.165, 1.54) is 0 Å². The van der Waals surface area contributed by atoms with Gasteiger partial charge in [0, 0.05) is 23.2 Å². The van der Waals surface area contributed by atoms with E-state index in [0.29, 0.717) is 22.8 Å². The number of rotatable bonds is 7. The predicted octanol–water partition coefficient (Wildman–Crippen LogP) is 5.15. The Labute approximate surface area is 186 Å². The molecule has 6 heteroatoms. The fourth-order valence-corrected chi connectivity index (χ4v) is 3.81. The van der Waals surface area contributed by atoms with Gasteiger partial charge in [-0.25, -0.2) is 4.98 Å². The zero-order valence-corrected chi connectivity index (χ0v) is 17.8. The molecule has 1 amide bonds. The molecular formula is C25H22ClN3O2. The van der Waals surface area contributed by atoms with Crippen LogP contribution in [0, 0.1) is 0 Å². The van der Waals surface area contributed by atoms with Gasteiger partial charge in [-0.3, -0.25) is 4.79 Å². The van der Waals surface area contributed by atoms with E-state index in [1.807, 2.05) is 72.3 Å². The summed E-state index contributed by atoms with van der Waals surface area (Å²) in [5.41, 5.74) is 10.3. The second-order valence-electron chi connectivity index (χ2n) is 7.26. The maximum absolute atomic E-state index is 12.1. The van der Waals surface area contributed by atoms with Crippen molar-refractivity contribution in [1.82, 2.24) is 9.55 Å². The Morgan fingerprint density at radius 1 is 1.06 bits per heavy atom. The standard InChI is InChI=1S/C25H22ClN3O2/c1-29-16-28-14-23(29)24(31-15-17-7-3-2-4-8-17)18-11-12-20(25(27)30)21(13-18)19-9-5-6-10-22(19)26/h2-14,16,24H,15H2,1H3,(H2,27,30). The van der Waals surface area contributed by atoms with Gasteiger partial charge in [-0.1, -0.05) is 66.2 Å². The number of ether oxygens (including phenoxy) is 1. The maximum Gasteiger partial charge on any atom is 0.249 e. The first-order valence-electron chi connectivity index (χ1n) is 9.85. The third-order valence-corrected chi connectivity index (χ3v) is 5.49. The number of benzene rings is 3. The van der Waals surface area contributed by atoms with Gasteiger partial charge in [0.15, 0.2) is 0 Å². The van der Waals surface area contributed by atoms with E-state index in [4.69, 9.17) is 22.1 Å². The highest BCUT2D eigenvalue weighted by Gasteiger charge is 2.22. The largest absolute Gasteiger partial charge is 0.366 e. The van der Waals surface area contributed by atoms with Crippen LogP contribution < -0.4 is 5.73 Å². The molecule has 0 aliphatic heterocycles. The molecule has 0 spiro atoms. The third kappa shape index (κ3) is 4.53. The summed E-state index contributed by atoms with van der Waals surface area (Å²) in [7, 11) is 1.92. The quantitative estimate of drug-likeness (QED) is 0.440. The molecular weight excluding hydrogens is 410 g/mol. The summed E-state index contributed by atoms with van der Waals surface area (Å²) in [5.74, 6) is -0.510. The first kappa shape index (κ1) is 20.8. The molecule has 0 bridgehead atoms. The molecule has 0 radical (unpaired) electrons. The molecule has 5 nitrogen and oxygen atoms in total. The number of carbonyl (C=O) groups is 1. The number of aryl methyl sites for hydroxylation is 1. The molecule has 156 valence electrons. The number of primary amides is 1. The van der Waals surface area contributed by atoms with Gasteiger partial charge in [0.1, 0.15) is 6.10 Å². The van der Waals surface area contributed by atoms with Crippen molar-refractivity contribution in [1.29, 1.82) is 0 Å². The Morgan fingerprint density at radius 3 is 2.48 bits per heavy atom. The molecule has 4 aromatic rings. The summed E-state index contributed by atoms with van der Waals surface area (Å²) in [4.78, 5) is 16.4. The number of amides is 1. The van der Waals surface area contributed by atoms with Gasteiger partial charge >= 0.3 is 0 Å². The van der Waals surface area contributed by atoms with Crippen molar-refractivity contribution in [3.63, 3.8) is 0 Å². The van der Waals surface area contributed by atoms with E-state index >= 15 is 0 Å². The fraction of sp³-hybridized carbons (Fsp3) is 0.120. The second kappa shape index (κ2) is 9.16. The SMILES string of the molecule is Cn1cncc1C(OCc1ccccc1)c1ccc(C(N)=O)c(-c2ccccc2Cl)c1. The van der Waals surface area contributed by atoms with Crippen molar-refractivity contribution in [2.75, 3.05) is 0 Å². The van der Waals surface area contributed by atoms with Gasteiger partial charge in [0.2, 0.25) is 5.91 Å². The molecule has 1 unspecified atom stereocenters. The van der Waals surface area contributed by atoms with Crippen LogP contribution in [0.25, 0.3) is 11.1 Å². The molecule has 4 rings (SSSR count). The summed E-state index contributed by atoms with van der Waals surface area (Å²) < 4.78 is 8.27. The van der Waals surface area contributed by atoms with Gasteiger partial charge in [-0.2, -0.15) is 0 Å². The molecule has 3 aromatic carbocycles. The summed E-state index contributed by atoms with van der Waals surface area (Å²) in [5, 5.41) is 0.546. The van der Waals surface area contributed by atoms with Gasteiger partial charge in [-0.15, -0.1) is 0 Å². The zero-order chi connectivity index (χ0) is 21.8. The van der Waals surface area contributed by atoms with Gasteiger partial charge in [0.05, 0.1) is 24.8 Å². The molecule has 2 N–H and O–H groups in total. The van der Waals surface area contributed by atoms with Gasteiger partial charge < -0.3 is 15.0 Å². The molecule has 0 aliphatic rings. The first-order chi connectivity index (χ1) is 15.0. The number of halogens is 1. The lowest BCUT2D eigenvalue weighted by Crippen LogP contribution is -2.15. The highest BCUT2D eigenvalue weighted by molar-refractivity contribution is 6.33. The van der Waals surface area contributed by atoms with E-state index in [0.717, 1.165) is 22.4 Å². The number of aromatic nitrogens is 2. The highest BCUT2D eigenvalue weighted by Crippen LogP contribution is 2.35. The minimum absolute atomic E-state index is 0.393. The Kier molecular flexibility index (Phi) is 6.16. The molecule has 0 saturated heterocycles. The van der Waals surface area contributed by atoms with Crippen molar-refractivity contribution in [3.05, 3.63) is 113 Å². The van der Waals surface area contributed by atoms with Crippen molar-refractivity contribution in [3.8, 4) is 11.1 Å². The Balaban J connectivity index is 1.79. The van der Waals surface area contributed by atoms with Crippen LogP contribution in [0.4, 0.5) is 0 Å². The Morgan fingerprint density at radius 2 is 1.81 bits per heavy atom. The molecule has 0 fully saturated rings. The van der Waals surface area contributed by atoms with E-state index in [9.17, 15) is 4.79 Å². The van der Waals surface area contributed by atoms with Crippen LogP contribution >= 0.6 is 11.6 Å². The average Bonchev–Trinajstić information content (AvgIpc) is 3.20. The van der Waals surface area contributed by atoms with Gasteiger partial charge in [-0.05, 0) is 34.9 Å². The third-order valence-electron chi connectivity index (χ3n) is 5.16. The predicted molar refractivity (Wildman–Crippen MR) is 122 cm³/mol. The summed E-state index contributed by atoms with van der Waals surface area (Å²) >= 11 is 6.44. The lowest BCUT2D eigenvalue weighted by atomic mass is 9.94. The smallest absolute Gasteiger partial charge is 0.249 e. The summed E-state index contributed by atoms with van der Waals surface area (Å²) in [6.45, 7) is 0.426. The monoisotopic (exact) mass is 431 g/mol. The average molecular weight is 432 g/mol. The molecule has 1 atom stereocenters. The maximum atomic E-state index is 12.1. The topological polar surface area (TPSA) is 70.1 Å². The number of nitrogens with two attached hydrogens (primary N) is 1. The first-order valence-corrected chi connectivity index (χ1v) is 10.2. The lowest BCUT2D eigenvalue weighted by Gasteiger charge is -2.21. The number of carbonyl (C=O) groups excluding carboxylic acids is 1. The number of hydrogen-bond acceptors (Lipinski definition) is 3. The van der Waals surface area contributed by atoms with Crippen LogP contribution in [-0.2, 0) is 18.4 Å². The number of hydrogen-bond donors (Lipinski definition) is 1. The molecule has 1 heterocycles. The fourth-order valence-electron chi connectivity index (χ4n) is 3.57. The highest BCUT2D eigenvalue weighted by atomic mass is 35.5. The van der Waals surface area contributed by atoms with Crippen molar-refractivity contribution >= 4 is 17.5 Å². The lowest BCUT2D eigenvalue weighted by molar-refractivity contribution is 0.0622. The second-order valence-corrected chi connectivity index (χ2v) is 7.66. The summed E-state index contributed by atoms with van der Waals surface area (Å²) in [6, 6.07) is 22.9. The molecule has 0 aliphatic carbocycles. The molecule has 31 heavy (non-hydrogen) atoms. The minimum atomic E-state index is -0.510. The minimum Gasteiger partial charge on any atom is -0.366 e. The van der Waals surface area contributed by atoms with Crippen LogP contribution in [0.1, 0.15) is 33.3 Å². The summed E-state index contributed by atoms with van der Waals surface area (Å²) in [6.07, 6.45) is 3.13. The van der Waals surface area contributed by atoms with E-state index in [1.54, 1.807) is 24.7 Å². The van der Waals surface area contributed by atoms with Crippen LogP contribution in [0.3, 0.4) is 0 Å². The van der Waals surface area contributed by atoms with E-state index in [-0.39, 0.29) is 0 Å².